The summed E-state index contributed by atoms with van der Waals surface area (Å²) in [4.78, 5) is 17.2. The minimum Gasteiger partial charge on any atom is -0.493 e. The number of hydrogen-bond acceptors (Lipinski definition) is 4. The van der Waals surface area contributed by atoms with Crippen LogP contribution in [-0.4, -0.2) is 55.5 Å². The Labute approximate surface area is 172 Å². The third-order valence-corrected chi connectivity index (χ3v) is 5.00. The lowest BCUT2D eigenvalue weighted by molar-refractivity contribution is 0.0623. The van der Waals surface area contributed by atoms with Crippen molar-refractivity contribution in [2.75, 3.05) is 39.8 Å². The zero-order valence-electron chi connectivity index (χ0n) is 17.4. The van der Waals surface area contributed by atoms with Crippen LogP contribution in [-0.2, 0) is 6.61 Å². The molecule has 0 atom stereocenters. The summed E-state index contributed by atoms with van der Waals surface area (Å²) in [6.45, 7) is 9.05. The molecule has 3 rings (SSSR count). The Balaban J connectivity index is 1.62. The number of methoxy groups -OCH3 is 1. The van der Waals surface area contributed by atoms with Crippen molar-refractivity contribution in [3.63, 3.8) is 0 Å². The van der Waals surface area contributed by atoms with E-state index in [-0.39, 0.29) is 11.7 Å². The maximum absolute atomic E-state index is 13.0. The molecule has 5 nitrogen and oxygen atoms in total. The van der Waals surface area contributed by atoms with Crippen LogP contribution in [0.3, 0.4) is 0 Å². The van der Waals surface area contributed by atoms with E-state index in [0.717, 1.165) is 38.3 Å². The maximum atomic E-state index is 13.0. The number of piperazine rings is 1. The largest absolute Gasteiger partial charge is 0.493 e. The van der Waals surface area contributed by atoms with Crippen LogP contribution in [0.4, 0.5) is 4.39 Å². The van der Waals surface area contributed by atoms with Gasteiger partial charge in [0.2, 0.25) is 0 Å². The molecule has 0 N–H and O–H groups in total. The lowest BCUT2D eigenvalue weighted by Crippen LogP contribution is -2.49. The van der Waals surface area contributed by atoms with E-state index in [4.69, 9.17) is 9.47 Å². The van der Waals surface area contributed by atoms with Gasteiger partial charge in [0.25, 0.3) is 5.91 Å². The molecule has 6 heteroatoms. The lowest BCUT2D eigenvalue weighted by Gasteiger charge is -2.35. The average molecular weight is 400 g/mol. The molecule has 0 aromatic heterocycles. The quantitative estimate of drug-likeness (QED) is 0.709. The number of hydrogen-bond donors (Lipinski definition) is 0. The number of carbonyl (C=O) groups is 1. The number of halogens is 1. The van der Waals surface area contributed by atoms with Gasteiger partial charge >= 0.3 is 0 Å². The Morgan fingerprint density at radius 3 is 2.34 bits per heavy atom. The first kappa shape index (κ1) is 21.1. The minimum atomic E-state index is -0.278. The second-order valence-electron chi connectivity index (χ2n) is 7.77. The Morgan fingerprint density at radius 2 is 1.72 bits per heavy atom. The summed E-state index contributed by atoms with van der Waals surface area (Å²) in [5.41, 5.74) is 1.45. The Kier molecular flexibility index (Phi) is 7.09. The van der Waals surface area contributed by atoms with Gasteiger partial charge in [-0.25, -0.2) is 4.39 Å². The number of amides is 1. The Hall–Kier alpha value is -2.60. The normalized spacial score (nSPS) is 14.9. The zero-order chi connectivity index (χ0) is 20.8. The predicted molar refractivity (Wildman–Crippen MR) is 111 cm³/mol. The molecule has 29 heavy (non-hydrogen) atoms. The van der Waals surface area contributed by atoms with Gasteiger partial charge < -0.3 is 14.4 Å². The lowest BCUT2D eigenvalue weighted by atomic mass is 10.1. The van der Waals surface area contributed by atoms with Gasteiger partial charge in [-0.05, 0) is 41.8 Å². The molecule has 1 saturated heterocycles. The molecular formula is C23H29FN2O3. The van der Waals surface area contributed by atoms with Gasteiger partial charge in [-0.3, -0.25) is 9.69 Å². The fourth-order valence-corrected chi connectivity index (χ4v) is 3.49. The highest BCUT2D eigenvalue weighted by Crippen LogP contribution is 2.29. The van der Waals surface area contributed by atoms with E-state index in [1.54, 1.807) is 37.4 Å². The van der Waals surface area contributed by atoms with Crippen molar-refractivity contribution < 1.29 is 18.7 Å². The molecule has 0 saturated carbocycles. The Bertz CT molecular complexity index is 815. The smallest absolute Gasteiger partial charge is 0.254 e. The van der Waals surface area contributed by atoms with Crippen molar-refractivity contribution in [1.82, 2.24) is 9.80 Å². The predicted octanol–water partition coefficient (Wildman–Crippen LogP) is 3.83. The van der Waals surface area contributed by atoms with Crippen molar-refractivity contribution in [3.05, 3.63) is 59.4 Å². The number of benzene rings is 2. The molecule has 0 aliphatic carbocycles. The van der Waals surface area contributed by atoms with Gasteiger partial charge in [0.05, 0.1) is 7.11 Å². The summed E-state index contributed by atoms with van der Waals surface area (Å²) >= 11 is 0. The van der Waals surface area contributed by atoms with Crippen LogP contribution < -0.4 is 9.47 Å². The topological polar surface area (TPSA) is 42.0 Å². The van der Waals surface area contributed by atoms with Crippen molar-refractivity contribution in [2.24, 2.45) is 5.92 Å². The fourth-order valence-electron chi connectivity index (χ4n) is 3.49. The zero-order valence-corrected chi connectivity index (χ0v) is 17.4. The standard InChI is InChI=1S/C23H29FN2O3/c1-17(2)15-25-10-12-26(13-11-25)23(27)19-6-9-21(22(14-19)28-3)29-16-18-4-7-20(24)8-5-18/h4-9,14,17H,10-13,15-16H2,1-3H3. The van der Waals surface area contributed by atoms with Crippen molar-refractivity contribution in [3.8, 4) is 11.5 Å². The first-order valence-corrected chi connectivity index (χ1v) is 10.0. The van der Waals surface area contributed by atoms with E-state index in [2.05, 4.69) is 18.7 Å². The van der Waals surface area contributed by atoms with Crippen LogP contribution in [0.2, 0.25) is 0 Å². The van der Waals surface area contributed by atoms with Crippen molar-refractivity contribution in [1.29, 1.82) is 0 Å². The van der Waals surface area contributed by atoms with Gasteiger partial charge in [-0.15, -0.1) is 0 Å². The van der Waals surface area contributed by atoms with Crippen LogP contribution in [0.15, 0.2) is 42.5 Å². The molecule has 1 aliphatic heterocycles. The molecule has 1 fully saturated rings. The first-order chi connectivity index (χ1) is 14.0. The Morgan fingerprint density at radius 1 is 1.03 bits per heavy atom. The molecule has 2 aromatic carbocycles. The summed E-state index contributed by atoms with van der Waals surface area (Å²) in [5.74, 6) is 1.42. The second kappa shape index (κ2) is 9.74. The third kappa shape index (κ3) is 5.70. The van der Waals surface area contributed by atoms with Gasteiger partial charge in [0.15, 0.2) is 11.5 Å². The van der Waals surface area contributed by atoms with Gasteiger partial charge in [-0.2, -0.15) is 0 Å². The fraction of sp³-hybridized carbons (Fsp3) is 0.435. The van der Waals surface area contributed by atoms with E-state index in [1.165, 1.54) is 12.1 Å². The highest BCUT2D eigenvalue weighted by Gasteiger charge is 2.23. The van der Waals surface area contributed by atoms with Crippen LogP contribution in [0.5, 0.6) is 11.5 Å². The van der Waals surface area contributed by atoms with E-state index in [0.29, 0.717) is 29.6 Å². The van der Waals surface area contributed by atoms with E-state index < -0.39 is 0 Å². The third-order valence-electron chi connectivity index (χ3n) is 5.00. The molecule has 0 spiro atoms. The molecule has 156 valence electrons. The van der Waals surface area contributed by atoms with E-state index in [1.807, 2.05) is 4.90 Å². The van der Waals surface area contributed by atoms with Gasteiger partial charge in [0, 0.05) is 38.3 Å². The van der Waals surface area contributed by atoms with Crippen LogP contribution in [0, 0.1) is 11.7 Å². The van der Waals surface area contributed by atoms with Crippen molar-refractivity contribution in [2.45, 2.75) is 20.5 Å². The average Bonchev–Trinajstić information content (AvgIpc) is 2.73. The van der Waals surface area contributed by atoms with Crippen LogP contribution in [0.1, 0.15) is 29.8 Å². The number of ether oxygens (including phenoxy) is 2. The summed E-state index contributed by atoms with van der Waals surface area (Å²) in [6, 6.07) is 11.4. The number of carbonyl (C=O) groups excluding carboxylic acids is 1. The maximum Gasteiger partial charge on any atom is 0.254 e. The summed E-state index contributed by atoms with van der Waals surface area (Å²) in [7, 11) is 1.55. The molecule has 1 amide bonds. The molecule has 0 bridgehead atoms. The molecular weight excluding hydrogens is 371 g/mol. The first-order valence-electron chi connectivity index (χ1n) is 10.0. The summed E-state index contributed by atoms with van der Waals surface area (Å²) in [6.07, 6.45) is 0. The van der Waals surface area contributed by atoms with Crippen LogP contribution >= 0.6 is 0 Å². The highest BCUT2D eigenvalue weighted by molar-refractivity contribution is 5.95. The highest BCUT2D eigenvalue weighted by atomic mass is 19.1. The molecule has 0 unspecified atom stereocenters. The molecule has 0 radical (unpaired) electrons. The molecule has 1 heterocycles. The summed E-state index contributed by atoms with van der Waals surface area (Å²) < 4.78 is 24.3. The van der Waals surface area contributed by atoms with Gasteiger partial charge in [0.1, 0.15) is 12.4 Å². The SMILES string of the molecule is COc1cc(C(=O)N2CCN(CC(C)C)CC2)ccc1OCc1ccc(F)cc1. The van der Waals surface area contributed by atoms with Crippen molar-refractivity contribution >= 4 is 5.91 Å². The van der Waals surface area contributed by atoms with Gasteiger partial charge in [-0.1, -0.05) is 26.0 Å². The monoisotopic (exact) mass is 400 g/mol. The van der Waals surface area contributed by atoms with Crippen LogP contribution in [0.25, 0.3) is 0 Å². The second-order valence-corrected chi connectivity index (χ2v) is 7.77. The molecule has 2 aromatic rings. The summed E-state index contributed by atoms with van der Waals surface area (Å²) in [5, 5.41) is 0. The number of nitrogens with zero attached hydrogens (tertiary/aromatic N) is 2. The van der Waals surface area contributed by atoms with E-state index >= 15 is 0 Å². The number of rotatable bonds is 7. The minimum absolute atomic E-state index is 0.0116. The molecule has 1 aliphatic rings. The van der Waals surface area contributed by atoms with E-state index in [9.17, 15) is 9.18 Å².